The number of likely N-dealkylation sites (tertiary alicyclic amines) is 1. The average Bonchev–Trinajstić information content (AvgIpc) is 3.46. The van der Waals surface area contributed by atoms with Gasteiger partial charge in [-0.15, -0.1) is 0 Å². The summed E-state index contributed by atoms with van der Waals surface area (Å²) >= 11 is 0. The molecule has 8 nitrogen and oxygen atoms in total. The standard InChI is InChI=1S/C22H33N3O5/c1-14(2)15(3)10-17(23-21(27)16-6-9-29-12-16)22(28)24-20-18(26)13-30-19(20)11-25-7-4-5-8-25/h6,9,12,14-15,17,19-20H,4-5,7-8,10-11,13H2,1-3H3,(H,23,27)(H,24,28). The van der Waals surface area contributed by atoms with Gasteiger partial charge in [0.15, 0.2) is 5.78 Å². The zero-order chi connectivity index (χ0) is 21.7. The number of ether oxygens (including phenoxy) is 1. The van der Waals surface area contributed by atoms with Crippen molar-refractivity contribution in [2.75, 3.05) is 26.2 Å². The number of hydrogen-bond donors (Lipinski definition) is 2. The van der Waals surface area contributed by atoms with Crippen LogP contribution in [0.4, 0.5) is 0 Å². The second-order valence-corrected chi connectivity index (χ2v) is 8.80. The molecule has 0 spiro atoms. The van der Waals surface area contributed by atoms with Gasteiger partial charge in [0.25, 0.3) is 5.91 Å². The van der Waals surface area contributed by atoms with Crippen molar-refractivity contribution in [3.05, 3.63) is 24.2 Å². The summed E-state index contributed by atoms with van der Waals surface area (Å²) in [6.07, 6.45) is 5.17. The first-order valence-corrected chi connectivity index (χ1v) is 10.8. The molecule has 4 unspecified atom stereocenters. The van der Waals surface area contributed by atoms with Gasteiger partial charge < -0.3 is 24.7 Å². The van der Waals surface area contributed by atoms with Crippen LogP contribution in [0.5, 0.6) is 0 Å². The second-order valence-electron chi connectivity index (χ2n) is 8.80. The highest BCUT2D eigenvalue weighted by molar-refractivity contribution is 5.98. The van der Waals surface area contributed by atoms with Crippen LogP contribution in [-0.2, 0) is 14.3 Å². The summed E-state index contributed by atoms with van der Waals surface area (Å²) in [7, 11) is 0. The molecular weight excluding hydrogens is 386 g/mol. The number of nitrogens with zero attached hydrogens (tertiary/aromatic N) is 1. The van der Waals surface area contributed by atoms with Crippen LogP contribution in [0.1, 0.15) is 50.4 Å². The van der Waals surface area contributed by atoms with Crippen LogP contribution in [0.25, 0.3) is 0 Å². The molecule has 1 aromatic rings. The smallest absolute Gasteiger partial charge is 0.255 e. The monoisotopic (exact) mass is 419 g/mol. The maximum atomic E-state index is 13.1. The first kappa shape index (κ1) is 22.5. The Kier molecular flexibility index (Phi) is 7.66. The number of carbonyl (C=O) groups is 3. The van der Waals surface area contributed by atoms with Crippen LogP contribution >= 0.6 is 0 Å². The van der Waals surface area contributed by atoms with Crippen LogP contribution in [0.15, 0.2) is 23.0 Å². The number of rotatable bonds is 9. The highest BCUT2D eigenvalue weighted by Crippen LogP contribution is 2.19. The van der Waals surface area contributed by atoms with Crippen LogP contribution in [-0.4, -0.2) is 66.9 Å². The normalized spacial score (nSPS) is 24.2. The molecule has 2 fully saturated rings. The minimum Gasteiger partial charge on any atom is -0.472 e. The number of ketones is 1. The Labute approximate surface area is 177 Å². The number of Topliss-reactive ketones (excluding diaryl/α,β-unsaturated/α-hetero) is 1. The van der Waals surface area contributed by atoms with E-state index in [9.17, 15) is 14.4 Å². The molecule has 0 bridgehead atoms. The lowest BCUT2D eigenvalue weighted by Crippen LogP contribution is -2.55. The first-order valence-electron chi connectivity index (χ1n) is 10.8. The highest BCUT2D eigenvalue weighted by atomic mass is 16.5. The fourth-order valence-electron chi connectivity index (χ4n) is 3.90. The Morgan fingerprint density at radius 1 is 1.23 bits per heavy atom. The van der Waals surface area contributed by atoms with Gasteiger partial charge in [0.05, 0.1) is 17.9 Å². The maximum absolute atomic E-state index is 13.1. The maximum Gasteiger partial charge on any atom is 0.255 e. The van der Waals surface area contributed by atoms with Crippen LogP contribution in [0, 0.1) is 11.8 Å². The molecule has 2 saturated heterocycles. The Hall–Kier alpha value is -2.19. The fraction of sp³-hybridized carbons (Fsp3) is 0.682. The van der Waals surface area contributed by atoms with E-state index >= 15 is 0 Å². The van der Waals surface area contributed by atoms with Gasteiger partial charge in [-0.1, -0.05) is 20.8 Å². The van der Waals surface area contributed by atoms with Crippen molar-refractivity contribution in [1.29, 1.82) is 0 Å². The molecule has 1 aromatic heterocycles. The third-order valence-electron chi connectivity index (χ3n) is 6.24. The molecule has 2 aliphatic heterocycles. The molecule has 166 valence electrons. The van der Waals surface area contributed by atoms with Gasteiger partial charge in [0.2, 0.25) is 5.91 Å². The molecule has 2 amide bonds. The number of furan rings is 1. The fourth-order valence-corrected chi connectivity index (χ4v) is 3.90. The molecule has 2 aliphatic rings. The molecule has 30 heavy (non-hydrogen) atoms. The lowest BCUT2D eigenvalue weighted by molar-refractivity contribution is -0.128. The van der Waals surface area contributed by atoms with Crippen molar-refractivity contribution in [1.82, 2.24) is 15.5 Å². The van der Waals surface area contributed by atoms with Crippen molar-refractivity contribution in [2.24, 2.45) is 11.8 Å². The summed E-state index contributed by atoms with van der Waals surface area (Å²) in [6, 6.07) is 0.128. The molecule has 8 heteroatoms. The van der Waals surface area contributed by atoms with E-state index in [0.29, 0.717) is 24.4 Å². The molecule has 4 atom stereocenters. The predicted octanol–water partition coefficient (Wildman–Crippen LogP) is 1.61. The summed E-state index contributed by atoms with van der Waals surface area (Å²) in [6.45, 7) is 8.84. The highest BCUT2D eigenvalue weighted by Gasteiger charge is 2.39. The van der Waals surface area contributed by atoms with Crippen molar-refractivity contribution in [2.45, 2.75) is 58.2 Å². The van der Waals surface area contributed by atoms with E-state index in [4.69, 9.17) is 9.15 Å². The summed E-state index contributed by atoms with van der Waals surface area (Å²) in [4.78, 5) is 40.3. The Bertz CT molecular complexity index is 727. The van der Waals surface area contributed by atoms with E-state index in [1.165, 1.54) is 12.5 Å². The number of nitrogens with one attached hydrogen (secondary N) is 2. The quantitative estimate of drug-likeness (QED) is 0.631. The first-order chi connectivity index (χ1) is 14.3. The average molecular weight is 420 g/mol. The minimum absolute atomic E-state index is 0.0118. The van der Waals surface area contributed by atoms with Crippen molar-refractivity contribution < 1.29 is 23.5 Å². The lowest BCUT2D eigenvalue weighted by atomic mass is 9.90. The summed E-state index contributed by atoms with van der Waals surface area (Å²) < 4.78 is 10.6. The van der Waals surface area contributed by atoms with E-state index in [0.717, 1.165) is 25.9 Å². The Morgan fingerprint density at radius 2 is 1.97 bits per heavy atom. The van der Waals surface area contributed by atoms with Gasteiger partial charge in [-0.2, -0.15) is 0 Å². The van der Waals surface area contributed by atoms with E-state index in [1.807, 2.05) is 0 Å². The Balaban J connectivity index is 1.67. The van der Waals surface area contributed by atoms with Gasteiger partial charge >= 0.3 is 0 Å². The van der Waals surface area contributed by atoms with Gasteiger partial charge in [-0.05, 0) is 50.3 Å². The number of hydrogen-bond acceptors (Lipinski definition) is 6. The van der Waals surface area contributed by atoms with Crippen molar-refractivity contribution in [3.63, 3.8) is 0 Å². The summed E-state index contributed by atoms with van der Waals surface area (Å²) in [5.41, 5.74) is 0.359. The Morgan fingerprint density at radius 3 is 2.60 bits per heavy atom. The molecule has 0 saturated carbocycles. The van der Waals surface area contributed by atoms with Crippen LogP contribution in [0.2, 0.25) is 0 Å². The summed E-state index contributed by atoms with van der Waals surface area (Å²) in [5, 5.41) is 5.68. The SMILES string of the molecule is CC(C)C(C)CC(NC(=O)c1ccoc1)C(=O)NC1C(=O)COC1CN1CCCC1. The molecule has 3 heterocycles. The largest absolute Gasteiger partial charge is 0.472 e. The molecular formula is C22H33N3O5. The molecule has 0 aliphatic carbocycles. The lowest BCUT2D eigenvalue weighted by Gasteiger charge is -2.27. The number of carbonyl (C=O) groups excluding carboxylic acids is 3. The van der Waals surface area contributed by atoms with E-state index < -0.39 is 12.1 Å². The van der Waals surface area contributed by atoms with Crippen LogP contribution in [0.3, 0.4) is 0 Å². The zero-order valence-electron chi connectivity index (χ0n) is 18.1. The summed E-state index contributed by atoms with van der Waals surface area (Å²) in [5.74, 6) is -0.284. The zero-order valence-corrected chi connectivity index (χ0v) is 18.1. The molecule has 0 radical (unpaired) electrons. The van der Waals surface area contributed by atoms with Gasteiger partial charge in [0.1, 0.15) is 25.0 Å². The van der Waals surface area contributed by atoms with E-state index in [2.05, 4.69) is 36.3 Å². The molecule has 2 N–H and O–H groups in total. The van der Waals surface area contributed by atoms with E-state index in [-0.39, 0.29) is 36.2 Å². The number of amides is 2. The van der Waals surface area contributed by atoms with Gasteiger partial charge in [-0.25, -0.2) is 0 Å². The van der Waals surface area contributed by atoms with Crippen molar-refractivity contribution in [3.8, 4) is 0 Å². The minimum atomic E-state index is -0.745. The molecule has 3 rings (SSSR count). The van der Waals surface area contributed by atoms with Gasteiger partial charge in [-0.3, -0.25) is 14.4 Å². The third kappa shape index (κ3) is 5.70. The molecule has 0 aromatic carbocycles. The van der Waals surface area contributed by atoms with Gasteiger partial charge in [0, 0.05) is 6.54 Å². The topological polar surface area (TPSA) is 101 Å². The van der Waals surface area contributed by atoms with Crippen LogP contribution < -0.4 is 10.6 Å². The third-order valence-corrected chi connectivity index (χ3v) is 6.24. The predicted molar refractivity (Wildman–Crippen MR) is 111 cm³/mol. The second kappa shape index (κ2) is 10.2. The van der Waals surface area contributed by atoms with Crippen molar-refractivity contribution >= 4 is 17.6 Å². The van der Waals surface area contributed by atoms with E-state index in [1.54, 1.807) is 6.07 Å².